The minimum atomic E-state index is 0.677. The summed E-state index contributed by atoms with van der Waals surface area (Å²) in [5.41, 5.74) is 0. The number of carbonyl (C=O) groups excluding carboxylic acids is 1. The summed E-state index contributed by atoms with van der Waals surface area (Å²) in [6.07, 6.45) is 0.827. The zero-order valence-electron chi connectivity index (χ0n) is 7.64. The van der Waals surface area contributed by atoms with Gasteiger partial charge in [0.15, 0.2) is 6.29 Å². The van der Waals surface area contributed by atoms with Crippen LogP contribution in [-0.2, 0) is 0 Å². The van der Waals surface area contributed by atoms with Crippen molar-refractivity contribution in [1.82, 2.24) is 0 Å². The van der Waals surface area contributed by atoms with E-state index >= 15 is 0 Å². The van der Waals surface area contributed by atoms with Crippen molar-refractivity contribution in [3.8, 4) is 11.5 Å². The molecule has 0 radical (unpaired) electrons. The van der Waals surface area contributed by atoms with Crippen LogP contribution in [-0.4, -0.2) is 6.29 Å². The maximum Gasteiger partial charge on any atom is 0.160 e. The van der Waals surface area contributed by atoms with Crippen molar-refractivity contribution >= 4 is 40.2 Å². The van der Waals surface area contributed by atoms with Gasteiger partial charge in [0.2, 0.25) is 0 Å². The highest BCUT2D eigenvalue weighted by molar-refractivity contribution is 14.1. The van der Waals surface area contributed by atoms with Gasteiger partial charge in [-0.25, -0.2) is 0 Å². The summed E-state index contributed by atoms with van der Waals surface area (Å²) in [6.45, 7) is 0. The molecule has 15 heavy (non-hydrogen) atoms. The Morgan fingerprint density at radius 3 is 2.80 bits per heavy atom. The van der Waals surface area contributed by atoms with E-state index in [4.69, 9.17) is 4.74 Å². The van der Waals surface area contributed by atoms with Crippen LogP contribution >= 0.6 is 33.9 Å². The lowest BCUT2D eigenvalue weighted by Gasteiger charge is -2.04. The van der Waals surface area contributed by atoms with E-state index in [1.54, 1.807) is 6.07 Å². The first kappa shape index (κ1) is 10.6. The van der Waals surface area contributed by atoms with Crippen molar-refractivity contribution in [3.05, 3.63) is 44.2 Å². The first-order chi connectivity index (χ1) is 7.29. The van der Waals surface area contributed by atoms with Crippen molar-refractivity contribution < 1.29 is 9.53 Å². The van der Waals surface area contributed by atoms with Gasteiger partial charge in [-0.05, 0) is 34.7 Å². The number of thiophene rings is 1. The van der Waals surface area contributed by atoms with Gasteiger partial charge in [-0.15, -0.1) is 11.3 Å². The standard InChI is InChI=1S/C11H7IO2S/c12-10-3-1-2-4-11(10)14-8-5-9(6-13)15-7-8/h1-7H. The molecule has 0 bridgehead atoms. The predicted molar refractivity (Wildman–Crippen MR) is 68.9 cm³/mol. The highest BCUT2D eigenvalue weighted by Gasteiger charge is 2.03. The van der Waals surface area contributed by atoms with Crippen LogP contribution < -0.4 is 4.74 Å². The average Bonchev–Trinajstić information content (AvgIpc) is 2.69. The molecule has 0 unspecified atom stereocenters. The molecule has 0 aliphatic rings. The van der Waals surface area contributed by atoms with Gasteiger partial charge in [-0.2, -0.15) is 0 Å². The average molecular weight is 330 g/mol. The smallest absolute Gasteiger partial charge is 0.160 e. The second-order valence-corrected chi connectivity index (χ2v) is 4.94. The van der Waals surface area contributed by atoms with Crippen molar-refractivity contribution in [3.63, 3.8) is 0 Å². The molecule has 0 saturated carbocycles. The molecule has 0 N–H and O–H groups in total. The Labute approximate surface area is 105 Å². The Morgan fingerprint density at radius 2 is 2.13 bits per heavy atom. The fourth-order valence-electron chi connectivity index (χ4n) is 1.10. The van der Waals surface area contributed by atoms with Crippen molar-refractivity contribution in [2.24, 2.45) is 0 Å². The van der Waals surface area contributed by atoms with Gasteiger partial charge in [0.1, 0.15) is 11.5 Å². The van der Waals surface area contributed by atoms with E-state index in [0.29, 0.717) is 10.6 Å². The largest absolute Gasteiger partial charge is 0.455 e. The van der Waals surface area contributed by atoms with E-state index in [-0.39, 0.29) is 0 Å². The SMILES string of the molecule is O=Cc1cc(Oc2ccccc2I)cs1. The minimum Gasteiger partial charge on any atom is -0.455 e. The van der Waals surface area contributed by atoms with Crippen LogP contribution in [0.4, 0.5) is 0 Å². The van der Waals surface area contributed by atoms with Crippen LogP contribution in [0, 0.1) is 3.57 Å². The highest BCUT2D eigenvalue weighted by atomic mass is 127. The summed E-state index contributed by atoms with van der Waals surface area (Å²) in [5.74, 6) is 1.53. The molecule has 4 heteroatoms. The van der Waals surface area contributed by atoms with Gasteiger partial charge < -0.3 is 4.74 Å². The number of rotatable bonds is 3. The summed E-state index contributed by atoms with van der Waals surface area (Å²) in [7, 11) is 0. The molecule has 0 saturated heterocycles. The van der Waals surface area contributed by atoms with E-state index in [2.05, 4.69) is 22.6 Å². The molecule has 2 aromatic rings. The molecule has 1 aromatic heterocycles. The Morgan fingerprint density at radius 1 is 1.33 bits per heavy atom. The van der Waals surface area contributed by atoms with Gasteiger partial charge in [-0.1, -0.05) is 12.1 Å². The number of hydrogen-bond donors (Lipinski definition) is 0. The predicted octanol–water partition coefficient (Wildman–Crippen LogP) is 3.96. The van der Waals surface area contributed by atoms with Crippen molar-refractivity contribution in [2.45, 2.75) is 0 Å². The van der Waals surface area contributed by atoms with Gasteiger partial charge in [0, 0.05) is 11.4 Å². The molecule has 0 spiro atoms. The van der Waals surface area contributed by atoms with Crippen LogP contribution in [0.3, 0.4) is 0 Å². The number of halogens is 1. The fourth-order valence-corrected chi connectivity index (χ4v) is 2.21. The minimum absolute atomic E-state index is 0.677. The molecule has 0 aliphatic heterocycles. The monoisotopic (exact) mass is 330 g/mol. The van der Waals surface area contributed by atoms with Crippen molar-refractivity contribution in [2.75, 3.05) is 0 Å². The van der Waals surface area contributed by atoms with Crippen LogP contribution in [0.2, 0.25) is 0 Å². The summed E-state index contributed by atoms with van der Waals surface area (Å²) in [5, 5.41) is 1.83. The lowest BCUT2D eigenvalue weighted by atomic mass is 10.3. The first-order valence-electron chi connectivity index (χ1n) is 4.25. The quantitative estimate of drug-likeness (QED) is 0.629. The molecule has 0 atom stereocenters. The highest BCUT2D eigenvalue weighted by Crippen LogP contribution is 2.29. The van der Waals surface area contributed by atoms with E-state index in [9.17, 15) is 4.79 Å². The van der Waals surface area contributed by atoms with Crippen LogP contribution in [0.1, 0.15) is 9.67 Å². The molecule has 2 nitrogen and oxygen atoms in total. The number of aldehydes is 1. The topological polar surface area (TPSA) is 26.3 Å². The molecule has 1 aromatic carbocycles. The number of ether oxygens (including phenoxy) is 1. The number of carbonyl (C=O) groups is 1. The maximum absolute atomic E-state index is 10.5. The number of hydrogen-bond acceptors (Lipinski definition) is 3. The molecule has 2 rings (SSSR count). The van der Waals surface area contributed by atoms with Crippen LogP contribution in [0.25, 0.3) is 0 Å². The van der Waals surface area contributed by atoms with E-state index in [1.165, 1.54) is 11.3 Å². The Balaban J connectivity index is 2.22. The molecule has 76 valence electrons. The summed E-state index contributed by atoms with van der Waals surface area (Å²) >= 11 is 3.59. The third-order valence-corrected chi connectivity index (χ3v) is 3.50. The molecule has 1 heterocycles. The molecule has 0 fully saturated rings. The fraction of sp³-hybridized carbons (Fsp3) is 0. The summed E-state index contributed by atoms with van der Waals surface area (Å²) < 4.78 is 6.69. The third-order valence-electron chi connectivity index (χ3n) is 1.78. The van der Waals surface area contributed by atoms with Gasteiger partial charge in [0.05, 0.1) is 8.45 Å². The summed E-state index contributed by atoms with van der Waals surface area (Å²) in [4.78, 5) is 11.2. The normalized spacial score (nSPS) is 9.93. The zero-order chi connectivity index (χ0) is 10.7. The van der Waals surface area contributed by atoms with Crippen LogP contribution in [0.15, 0.2) is 35.7 Å². The lowest BCUT2D eigenvalue weighted by molar-refractivity contribution is 0.112. The molecule has 0 aliphatic carbocycles. The van der Waals surface area contributed by atoms with E-state index < -0.39 is 0 Å². The van der Waals surface area contributed by atoms with Gasteiger partial charge in [-0.3, -0.25) is 4.79 Å². The number of para-hydroxylation sites is 1. The molecule has 0 amide bonds. The Hall–Kier alpha value is -0.880. The second-order valence-electron chi connectivity index (χ2n) is 2.84. The molecular formula is C11H7IO2S. The van der Waals surface area contributed by atoms with Gasteiger partial charge >= 0.3 is 0 Å². The summed E-state index contributed by atoms with van der Waals surface area (Å²) in [6, 6.07) is 9.49. The first-order valence-corrected chi connectivity index (χ1v) is 6.21. The van der Waals surface area contributed by atoms with E-state index in [0.717, 1.165) is 15.6 Å². The lowest BCUT2D eigenvalue weighted by Crippen LogP contribution is -1.84. The maximum atomic E-state index is 10.5. The zero-order valence-corrected chi connectivity index (χ0v) is 10.6. The van der Waals surface area contributed by atoms with Gasteiger partial charge in [0.25, 0.3) is 0 Å². The third kappa shape index (κ3) is 2.57. The van der Waals surface area contributed by atoms with E-state index in [1.807, 2.05) is 29.6 Å². The Kier molecular flexibility index (Phi) is 3.37. The number of benzene rings is 1. The second kappa shape index (κ2) is 4.76. The Bertz CT molecular complexity index is 479. The van der Waals surface area contributed by atoms with Crippen LogP contribution in [0.5, 0.6) is 11.5 Å². The van der Waals surface area contributed by atoms with Crippen molar-refractivity contribution in [1.29, 1.82) is 0 Å². The molecular weight excluding hydrogens is 323 g/mol.